The zero-order valence-corrected chi connectivity index (χ0v) is 12.9. The number of halogens is 1. The van der Waals surface area contributed by atoms with Crippen LogP contribution in [0.1, 0.15) is 0 Å². The Morgan fingerprint density at radius 2 is 2.14 bits per heavy atom. The topological polar surface area (TPSA) is 118 Å². The molecule has 11 heteroatoms. The lowest BCUT2D eigenvalue weighted by Gasteiger charge is -2.07. The zero-order chi connectivity index (χ0) is 16.4. The summed E-state index contributed by atoms with van der Waals surface area (Å²) in [6.07, 6.45) is 0. The van der Waals surface area contributed by atoms with Gasteiger partial charge in [0.05, 0.1) is 4.92 Å². The van der Waals surface area contributed by atoms with E-state index in [0.717, 1.165) is 17.8 Å². The van der Waals surface area contributed by atoms with Crippen LogP contribution in [0.3, 0.4) is 0 Å². The van der Waals surface area contributed by atoms with Crippen LogP contribution >= 0.6 is 35.6 Å². The van der Waals surface area contributed by atoms with Crippen molar-refractivity contribution in [1.29, 1.82) is 0 Å². The van der Waals surface area contributed by atoms with Crippen molar-refractivity contribution in [2.45, 2.75) is 5.25 Å². The van der Waals surface area contributed by atoms with E-state index >= 15 is 0 Å². The van der Waals surface area contributed by atoms with E-state index in [2.05, 4.69) is 10.6 Å². The average Bonchev–Trinajstić information content (AvgIpc) is 2.78. The lowest BCUT2D eigenvalue weighted by molar-refractivity contribution is -0.384. The standard InChI is InChI=1S/C11H6ClN3O5S2/c12-5-2-1-4(3-6(5)15(19)20)13-9(17)7(16)8-10(18)14-11(21)22-8/h1-3,8H,(H,13,17)(H,14,18,21)/t8-/m1/s1. The summed E-state index contributed by atoms with van der Waals surface area (Å²) < 4.78 is 0.110. The van der Waals surface area contributed by atoms with Gasteiger partial charge in [0.1, 0.15) is 9.34 Å². The number of nitrogens with zero attached hydrogens (tertiary/aromatic N) is 1. The highest BCUT2D eigenvalue weighted by Crippen LogP contribution is 2.27. The molecule has 0 spiro atoms. The maximum Gasteiger partial charge on any atom is 0.293 e. The maximum atomic E-state index is 11.9. The van der Waals surface area contributed by atoms with Gasteiger partial charge in [-0.15, -0.1) is 0 Å². The van der Waals surface area contributed by atoms with Crippen LogP contribution in [-0.2, 0) is 14.4 Å². The molecule has 1 fully saturated rings. The molecule has 0 unspecified atom stereocenters. The Labute approximate surface area is 137 Å². The highest BCUT2D eigenvalue weighted by atomic mass is 35.5. The minimum Gasteiger partial charge on any atom is -0.319 e. The number of Topliss-reactive ketones (excluding diaryl/α,β-unsaturated/α-hetero) is 1. The molecule has 1 aromatic rings. The number of amides is 2. The summed E-state index contributed by atoms with van der Waals surface area (Å²) in [7, 11) is 0. The summed E-state index contributed by atoms with van der Waals surface area (Å²) in [5.74, 6) is -2.74. The van der Waals surface area contributed by atoms with E-state index in [-0.39, 0.29) is 15.0 Å². The number of rotatable bonds is 4. The Balaban J connectivity index is 2.14. The van der Waals surface area contributed by atoms with E-state index < -0.39 is 33.5 Å². The lowest BCUT2D eigenvalue weighted by Crippen LogP contribution is -2.37. The number of benzene rings is 1. The third-order valence-electron chi connectivity index (χ3n) is 2.55. The number of carbonyl (C=O) groups is 3. The van der Waals surface area contributed by atoms with E-state index in [1.54, 1.807) is 0 Å². The van der Waals surface area contributed by atoms with E-state index in [0.29, 0.717) is 0 Å². The van der Waals surface area contributed by atoms with Crippen LogP contribution < -0.4 is 10.6 Å². The number of thiocarbonyl (C=S) groups is 1. The Morgan fingerprint density at radius 3 is 2.68 bits per heavy atom. The van der Waals surface area contributed by atoms with Gasteiger partial charge in [0.15, 0.2) is 5.25 Å². The van der Waals surface area contributed by atoms with Gasteiger partial charge in [0.25, 0.3) is 11.6 Å². The molecule has 2 N–H and O–H groups in total. The summed E-state index contributed by atoms with van der Waals surface area (Å²) in [6.45, 7) is 0. The smallest absolute Gasteiger partial charge is 0.293 e. The van der Waals surface area contributed by atoms with Crippen molar-refractivity contribution in [2.24, 2.45) is 0 Å². The number of hydrogen-bond acceptors (Lipinski definition) is 7. The SMILES string of the molecule is O=C(Nc1ccc(Cl)c([N+](=O)[O-])c1)C(=O)[C@H]1SC(=S)NC1=O. The molecule has 1 saturated heterocycles. The number of hydrogen-bond donors (Lipinski definition) is 2. The lowest BCUT2D eigenvalue weighted by atomic mass is 10.2. The van der Waals surface area contributed by atoms with Crippen LogP contribution in [0.2, 0.25) is 5.02 Å². The van der Waals surface area contributed by atoms with Gasteiger partial charge in [-0.25, -0.2) is 0 Å². The first-order valence-corrected chi connectivity index (χ1v) is 7.27. The predicted octanol–water partition coefficient (Wildman–Crippen LogP) is 1.27. The summed E-state index contributed by atoms with van der Waals surface area (Å²) in [4.78, 5) is 45.2. The molecule has 114 valence electrons. The first-order valence-electron chi connectivity index (χ1n) is 5.60. The van der Waals surface area contributed by atoms with E-state index in [1.165, 1.54) is 12.1 Å². The number of thioether (sulfide) groups is 1. The Kier molecular flexibility index (Phi) is 4.74. The van der Waals surface area contributed by atoms with Gasteiger partial charge in [-0.2, -0.15) is 0 Å². The van der Waals surface area contributed by atoms with Crippen molar-refractivity contribution in [2.75, 3.05) is 5.32 Å². The summed E-state index contributed by atoms with van der Waals surface area (Å²) in [6, 6.07) is 3.53. The highest BCUT2D eigenvalue weighted by Gasteiger charge is 2.38. The number of nitrogens with one attached hydrogen (secondary N) is 2. The normalized spacial score (nSPS) is 17.0. The molecule has 0 radical (unpaired) electrons. The minimum absolute atomic E-state index is 0.0143. The van der Waals surface area contributed by atoms with E-state index in [4.69, 9.17) is 23.8 Å². The van der Waals surface area contributed by atoms with Crippen molar-refractivity contribution < 1.29 is 19.3 Å². The fraction of sp³-hybridized carbons (Fsp3) is 0.0909. The molecule has 2 amide bonds. The van der Waals surface area contributed by atoms with Crippen molar-refractivity contribution in [3.8, 4) is 0 Å². The van der Waals surface area contributed by atoms with Crippen LogP contribution in [0, 0.1) is 10.1 Å². The number of carbonyl (C=O) groups excluding carboxylic acids is 3. The predicted molar refractivity (Wildman–Crippen MR) is 83.9 cm³/mol. The fourth-order valence-electron chi connectivity index (χ4n) is 1.57. The summed E-state index contributed by atoms with van der Waals surface area (Å²) in [5, 5.41) is 13.8. The Morgan fingerprint density at radius 1 is 1.45 bits per heavy atom. The highest BCUT2D eigenvalue weighted by molar-refractivity contribution is 8.25. The fourth-order valence-corrected chi connectivity index (χ4v) is 2.90. The first kappa shape index (κ1) is 16.3. The van der Waals surface area contributed by atoms with Crippen LogP contribution in [-0.4, -0.2) is 32.1 Å². The van der Waals surface area contributed by atoms with Crippen molar-refractivity contribution in [1.82, 2.24) is 5.32 Å². The monoisotopic (exact) mass is 359 g/mol. The number of nitro benzene ring substituents is 1. The van der Waals surface area contributed by atoms with Gasteiger partial charge in [0.2, 0.25) is 11.7 Å². The van der Waals surface area contributed by atoms with Crippen molar-refractivity contribution >= 4 is 68.9 Å². The van der Waals surface area contributed by atoms with Crippen LogP contribution in [0.5, 0.6) is 0 Å². The molecular weight excluding hydrogens is 354 g/mol. The molecular formula is C11H6ClN3O5S2. The molecule has 0 saturated carbocycles. The first-order chi connectivity index (χ1) is 10.3. The molecule has 1 heterocycles. The largest absolute Gasteiger partial charge is 0.319 e. The minimum atomic E-state index is -1.25. The maximum absolute atomic E-state index is 11.9. The Hall–Kier alpha value is -2.04. The van der Waals surface area contributed by atoms with Crippen molar-refractivity contribution in [3.05, 3.63) is 33.3 Å². The van der Waals surface area contributed by atoms with Gasteiger partial charge >= 0.3 is 0 Å². The average molecular weight is 360 g/mol. The summed E-state index contributed by atoms with van der Waals surface area (Å²) >= 11 is 11.1. The third kappa shape index (κ3) is 3.40. The molecule has 0 aromatic heterocycles. The van der Waals surface area contributed by atoms with Gasteiger partial charge in [-0.3, -0.25) is 24.5 Å². The van der Waals surface area contributed by atoms with Gasteiger partial charge < -0.3 is 10.6 Å². The molecule has 0 bridgehead atoms. The molecule has 22 heavy (non-hydrogen) atoms. The number of anilines is 1. The number of nitro groups is 1. The van der Waals surface area contributed by atoms with Gasteiger partial charge in [0, 0.05) is 11.8 Å². The third-order valence-corrected chi connectivity index (χ3v) is 4.24. The molecule has 1 aliphatic rings. The Bertz CT molecular complexity index is 724. The molecule has 8 nitrogen and oxygen atoms in total. The van der Waals surface area contributed by atoms with Crippen LogP contribution in [0.25, 0.3) is 0 Å². The van der Waals surface area contributed by atoms with Gasteiger partial charge in [-0.1, -0.05) is 35.6 Å². The second kappa shape index (κ2) is 6.38. The summed E-state index contributed by atoms with van der Waals surface area (Å²) in [5.41, 5.74) is -0.401. The van der Waals surface area contributed by atoms with Crippen molar-refractivity contribution in [3.63, 3.8) is 0 Å². The van der Waals surface area contributed by atoms with Crippen LogP contribution in [0.15, 0.2) is 18.2 Å². The second-order valence-corrected chi connectivity index (χ2v) is 6.21. The zero-order valence-electron chi connectivity index (χ0n) is 10.5. The quantitative estimate of drug-likeness (QED) is 0.273. The van der Waals surface area contributed by atoms with E-state index in [9.17, 15) is 24.5 Å². The second-order valence-electron chi connectivity index (χ2n) is 4.02. The molecule has 0 aliphatic carbocycles. The molecule has 1 aromatic carbocycles. The molecule has 1 atom stereocenters. The number of ketones is 1. The molecule has 1 aliphatic heterocycles. The molecule has 2 rings (SSSR count). The van der Waals surface area contributed by atoms with E-state index in [1.807, 2.05) is 0 Å². The van der Waals surface area contributed by atoms with Gasteiger partial charge in [-0.05, 0) is 12.1 Å². The van der Waals surface area contributed by atoms with Crippen LogP contribution in [0.4, 0.5) is 11.4 Å².